The minimum Gasteiger partial charge on any atom is -0.497 e. The zero-order valence-electron chi connectivity index (χ0n) is 15.4. The fourth-order valence-electron chi connectivity index (χ4n) is 2.40. The van der Waals surface area contributed by atoms with Crippen molar-refractivity contribution in [2.75, 3.05) is 19.0 Å². The van der Waals surface area contributed by atoms with Gasteiger partial charge < -0.3 is 14.8 Å². The van der Waals surface area contributed by atoms with Gasteiger partial charge in [-0.15, -0.1) is 11.3 Å². The van der Waals surface area contributed by atoms with E-state index in [0.29, 0.717) is 23.1 Å². The number of anilines is 1. The number of amides is 1. The summed E-state index contributed by atoms with van der Waals surface area (Å²) in [5, 5.41) is 8.30. The molecule has 0 aliphatic carbocycles. The maximum atomic E-state index is 12.3. The van der Waals surface area contributed by atoms with Gasteiger partial charge in [-0.05, 0) is 67.7 Å². The van der Waals surface area contributed by atoms with Gasteiger partial charge >= 0.3 is 0 Å². The first-order chi connectivity index (χ1) is 13.6. The number of hydrogen-bond acceptors (Lipinski definition) is 6. The Hall–Kier alpha value is -2.97. The largest absolute Gasteiger partial charge is 0.497 e. The molecule has 8 heteroatoms. The molecule has 1 amide bonds. The van der Waals surface area contributed by atoms with Gasteiger partial charge in [-0.2, -0.15) is 0 Å². The molecule has 3 rings (SSSR count). The van der Waals surface area contributed by atoms with E-state index in [4.69, 9.17) is 21.7 Å². The molecule has 3 aromatic rings. The molecule has 0 spiro atoms. The van der Waals surface area contributed by atoms with E-state index in [-0.39, 0.29) is 11.0 Å². The van der Waals surface area contributed by atoms with E-state index in [1.165, 1.54) is 11.3 Å². The van der Waals surface area contributed by atoms with E-state index in [2.05, 4.69) is 15.6 Å². The fraction of sp³-hybridized carbons (Fsp3) is 0.150. The zero-order chi connectivity index (χ0) is 19.9. The molecule has 2 aromatic carbocycles. The summed E-state index contributed by atoms with van der Waals surface area (Å²) in [6.07, 6.45) is 0. The van der Waals surface area contributed by atoms with Crippen LogP contribution in [-0.2, 0) is 0 Å². The Kier molecular flexibility index (Phi) is 6.57. The van der Waals surface area contributed by atoms with Gasteiger partial charge in [0, 0.05) is 16.5 Å². The number of rotatable bonds is 6. The van der Waals surface area contributed by atoms with Gasteiger partial charge in [-0.3, -0.25) is 10.1 Å². The lowest BCUT2D eigenvalue weighted by Gasteiger charge is -2.08. The van der Waals surface area contributed by atoms with Crippen molar-refractivity contribution in [3.63, 3.8) is 0 Å². The van der Waals surface area contributed by atoms with E-state index in [9.17, 15) is 4.79 Å². The number of methoxy groups -OCH3 is 1. The molecule has 0 aliphatic rings. The van der Waals surface area contributed by atoms with Crippen molar-refractivity contribution in [2.45, 2.75) is 6.92 Å². The first-order valence-electron chi connectivity index (χ1n) is 8.54. The lowest BCUT2D eigenvalue weighted by Crippen LogP contribution is -2.34. The number of carbonyl (C=O) groups excluding carboxylic acids is 1. The van der Waals surface area contributed by atoms with Crippen LogP contribution >= 0.6 is 23.6 Å². The number of nitrogens with one attached hydrogen (secondary N) is 2. The Bertz CT molecular complexity index is 954. The number of carbonyl (C=O) groups is 1. The van der Waals surface area contributed by atoms with Crippen LogP contribution in [0.4, 0.5) is 5.13 Å². The highest BCUT2D eigenvalue weighted by atomic mass is 32.1. The van der Waals surface area contributed by atoms with Crippen molar-refractivity contribution in [3.05, 3.63) is 59.5 Å². The summed E-state index contributed by atoms with van der Waals surface area (Å²) >= 11 is 6.62. The quantitative estimate of drug-likeness (QED) is 0.586. The summed E-state index contributed by atoms with van der Waals surface area (Å²) < 4.78 is 10.5. The second-order valence-electron chi connectivity index (χ2n) is 5.63. The fourth-order valence-corrected chi connectivity index (χ4v) is 3.38. The molecule has 0 unspecified atom stereocenters. The van der Waals surface area contributed by atoms with Crippen LogP contribution in [0.1, 0.15) is 17.3 Å². The van der Waals surface area contributed by atoms with Crippen molar-refractivity contribution in [2.24, 2.45) is 0 Å². The molecule has 0 fully saturated rings. The SMILES string of the molecule is CCOc1ccc(C(=O)NC(=S)Nc2nc(-c3ccc(OC)cc3)cs2)cc1. The molecule has 1 heterocycles. The number of nitrogens with zero attached hydrogens (tertiary/aromatic N) is 1. The summed E-state index contributed by atoms with van der Waals surface area (Å²) in [6, 6.07) is 14.5. The third-order valence-electron chi connectivity index (χ3n) is 3.77. The molecule has 0 saturated carbocycles. The standard InChI is InChI=1S/C20H19N3O3S2/c1-3-26-16-10-6-14(7-11-16)18(24)22-19(27)23-20-21-17(12-28-20)13-4-8-15(25-2)9-5-13/h4-12H,3H2,1-2H3,(H2,21,22,23,24,27). The minimum atomic E-state index is -0.299. The van der Waals surface area contributed by atoms with E-state index in [1.807, 2.05) is 36.6 Å². The van der Waals surface area contributed by atoms with Crippen LogP contribution in [0.2, 0.25) is 0 Å². The zero-order valence-corrected chi connectivity index (χ0v) is 17.0. The molecule has 28 heavy (non-hydrogen) atoms. The van der Waals surface area contributed by atoms with Crippen LogP contribution in [0.5, 0.6) is 11.5 Å². The molecule has 2 N–H and O–H groups in total. The van der Waals surface area contributed by atoms with Crippen LogP contribution in [0.3, 0.4) is 0 Å². The molecule has 0 bridgehead atoms. The first-order valence-corrected chi connectivity index (χ1v) is 9.83. The van der Waals surface area contributed by atoms with Crippen molar-refractivity contribution in [1.82, 2.24) is 10.3 Å². The molecule has 0 atom stereocenters. The normalized spacial score (nSPS) is 10.2. The maximum absolute atomic E-state index is 12.3. The predicted octanol–water partition coefficient (Wildman–Crippen LogP) is 4.34. The van der Waals surface area contributed by atoms with E-state index >= 15 is 0 Å². The van der Waals surface area contributed by atoms with Crippen LogP contribution < -0.4 is 20.1 Å². The number of thiocarbonyl (C=S) groups is 1. The van der Waals surface area contributed by atoms with Crippen molar-refractivity contribution in [3.8, 4) is 22.8 Å². The molecular formula is C20H19N3O3S2. The summed E-state index contributed by atoms with van der Waals surface area (Å²) in [5.41, 5.74) is 2.27. The molecule has 0 aliphatic heterocycles. The second-order valence-corrected chi connectivity index (χ2v) is 6.90. The molecule has 0 saturated heterocycles. The average Bonchev–Trinajstić information content (AvgIpc) is 3.17. The lowest BCUT2D eigenvalue weighted by atomic mass is 10.2. The van der Waals surface area contributed by atoms with Gasteiger partial charge in [0.25, 0.3) is 5.91 Å². The molecule has 144 valence electrons. The number of hydrogen-bond donors (Lipinski definition) is 2. The average molecular weight is 414 g/mol. The van der Waals surface area contributed by atoms with E-state index in [0.717, 1.165) is 17.0 Å². The van der Waals surface area contributed by atoms with Crippen LogP contribution in [0.25, 0.3) is 11.3 Å². The number of thiazole rings is 1. The summed E-state index contributed by atoms with van der Waals surface area (Å²) in [4.78, 5) is 16.8. The molecule has 0 radical (unpaired) electrons. The minimum absolute atomic E-state index is 0.189. The van der Waals surface area contributed by atoms with Crippen LogP contribution in [-0.4, -0.2) is 29.7 Å². The Morgan fingerprint density at radius 2 is 1.79 bits per heavy atom. The third kappa shape index (κ3) is 5.05. The van der Waals surface area contributed by atoms with Gasteiger partial charge in [0.15, 0.2) is 10.2 Å². The van der Waals surface area contributed by atoms with Crippen LogP contribution in [0, 0.1) is 0 Å². The van der Waals surface area contributed by atoms with Gasteiger partial charge in [0.2, 0.25) is 0 Å². The Morgan fingerprint density at radius 1 is 1.11 bits per heavy atom. The molecule has 6 nitrogen and oxygen atoms in total. The van der Waals surface area contributed by atoms with Gasteiger partial charge in [-0.25, -0.2) is 4.98 Å². The highest BCUT2D eigenvalue weighted by Crippen LogP contribution is 2.26. The highest BCUT2D eigenvalue weighted by molar-refractivity contribution is 7.80. The number of ether oxygens (including phenoxy) is 2. The summed E-state index contributed by atoms with van der Waals surface area (Å²) in [7, 11) is 1.63. The van der Waals surface area contributed by atoms with E-state index < -0.39 is 0 Å². The Morgan fingerprint density at radius 3 is 2.43 bits per heavy atom. The van der Waals surface area contributed by atoms with Crippen LogP contribution in [0.15, 0.2) is 53.9 Å². The first kappa shape index (κ1) is 19.8. The Balaban J connectivity index is 1.58. The topological polar surface area (TPSA) is 72.5 Å². The van der Waals surface area contributed by atoms with E-state index in [1.54, 1.807) is 31.4 Å². The number of benzene rings is 2. The third-order valence-corrected chi connectivity index (χ3v) is 4.73. The Labute approximate surface area is 172 Å². The second kappa shape index (κ2) is 9.29. The van der Waals surface area contributed by atoms with Crippen molar-refractivity contribution >= 4 is 39.7 Å². The van der Waals surface area contributed by atoms with Gasteiger partial charge in [0.05, 0.1) is 19.4 Å². The smallest absolute Gasteiger partial charge is 0.257 e. The van der Waals surface area contributed by atoms with Gasteiger partial charge in [0.1, 0.15) is 11.5 Å². The van der Waals surface area contributed by atoms with Crippen molar-refractivity contribution < 1.29 is 14.3 Å². The highest BCUT2D eigenvalue weighted by Gasteiger charge is 2.10. The molecule has 1 aromatic heterocycles. The molecular weight excluding hydrogens is 394 g/mol. The monoisotopic (exact) mass is 413 g/mol. The summed E-state index contributed by atoms with van der Waals surface area (Å²) in [5.74, 6) is 1.21. The maximum Gasteiger partial charge on any atom is 0.257 e. The predicted molar refractivity (Wildman–Crippen MR) is 115 cm³/mol. The number of aromatic nitrogens is 1. The van der Waals surface area contributed by atoms with Gasteiger partial charge in [-0.1, -0.05) is 0 Å². The summed E-state index contributed by atoms with van der Waals surface area (Å²) in [6.45, 7) is 2.48. The lowest BCUT2D eigenvalue weighted by molar-refractivity contribution is 0.0977. The van der Waals surface area contributed by atoms with Crippen molar-refractivity contribution in [1.29, 1.82) is 0 Å².